The van der Waals surface area contributed by atoms with Gasteiger partial charge < -0.3 is 4.90 Å². The second-order valence-electron chi connectivity index (χ2n) is 6.88. The minimum absolute atomic E-state index is 0.0747. The van der Waals surface area contributed by atoms with Crippen molar-refractivity contribution < 1.29 is 4.79 Å². The van der Waals surface area contributed by atoms with E-state index in [0.717, 1.165) is 44.1 Å². The van der Waals surface area contributed by atoms with Crippen molar-refractivity contribution in [2.45, 2.75) is 6.92 Å². The summed E-state index contributed by atoms with van der Waals surface area (Å²) in [5, 5.41) is 0. The van der Waals surface area contributed by atoms with E-state index in [2.05, 4.69) is 34.2 Å². The highest BCUT2D eigenvalue weighted by Gasteiger charge is 2.25. The van der Waals surface area contributed by atoms with Crippen LogP contribution in [-0.4, -0.2) is 57.8 Å². The SMILES string of the molecule is Cc1nc2ccccn2c1C(=O)N1CCN(C/C=C/c2ccccc2)CC1. The highest BCUT2D eigenvalue weighted by atomic mass is 16.2. The number of amides is 1. The Hall–Kier alpha value is -2.92. The zero-order chi connectivity index (χ0) is 18.6. The van der Waals surface area contributed by atoms with Gasteiger partial charge in [-0.05, 0) is 24.6 Å². The van der Waals surface area contributed by atoms with Crippen molar-refractivity contribution >= 4 is 17.6 Å². The van der Waals surface area contributed by atoms with Gasteiger partial charge in [0.15, 0.2) is 0 Å². The molecule has 1 aromatic carbocycles. The third kappa shape index (κ3) is 3.78. The number of rotatable bonds is 4. The summed E-state index contributed by atoms with van der Waals surface area (Å²) in [4.78, 5) is 21.9. The van der Waals surface area contributed by atoms with Crippen molar-refractivity contribution in [1.82, 2.24) is 19.2 Å². The predicted octanol–water partition coefficient (Wildman–Crippen LogP) is 3.11. The number of aromatic nitrogens is 2. The Morgan fingerprint density at radius 2 is 1.78 bits per heavy atom. The molecule has 0 atom stereocenters. The first-order valence-corrected chi connectivity index (χ1v) is 9.39. The van der Waals surface area contributed by atoms with E-state index in [1.165, 1.54) is 5.56 Å². The molecule has 0 spiro atoms. The maximum atomic E-state index is 13.0. The number of hydrogen-bond acceptors (Lipinski definition) is 3. The number of benzene rings is 1. The van der Waals surface area contributed by atoms with Gasteiger partial charge in [-0.25, -0.2) is 4.98 Å². The molecule has 5 nitrogen and oxygen atoms in total. The average Bonchev–Trinajstić information content (AvgIpc) is 3.04. The molecule has 1 saturated heterocycles. The molecule has 0 saturated carbocycles. The normalized spacial score (nSPS) is 15.7. The fraction of sp³-hybridized carbons (Fsp3) is 0.273. The van der Waals surface area contributed by atoms with Gasteiger partial charge in [0.25, 0.3) is 5.91 Å². The standard InChI is InChI=1S/C22H24N4O/c1-18-21(26-13-6-5-11-20(26)23-18)22(27)25-16-14-24(15-17-25)12-7-10-19-8-3-2-4-9-19/h2-11,13H,12,14-17H2,1H3/b10-7+. The molecule has 0 N–H and O–H groups in total. The first kappa shape index (κ1) is 17.5. The number of carbonyl (C=O) groups is 1. The fourth-order valence-corrected chi connectivity index (χ4v) is 3.56. The zero-order valence-electron chi connectivity index (χ0n) is 15.6. The Bertz CT molecular complexity index is 953. The van der Waals surface area contributed by atoms with Crippen LogP contribution in [0.1, 0.15) is 21.7 Å². The first-order valence-electron chi connectivity index (χ1n) is 9.39. The van der Waals surface area contributed by atoms with E-state index in [4.69, 9.17) is 0 Å². The fourth-order valence-electron chi connectivity index (χ4n) is 3.56. The lowest BCUT2D eigenvalue weighted by molar-refractivity contribution is 0.0642. The molecule has 0 bridgehead atoms. The highest BCUT2D eigenvalue weighted by Crippen LogP contribution is 2.15. The van der Waals surface area contributed by atoms with Crippen LogP contribution in [0.15, 0.2) is 60.8 Å². The van der Waals surface area contributed by atoms with Gasteiger partial charge in [-0.15, -0.1) is 0 Å². The van der Waals surface area contributed by atoms with Crippen LogP contribution < -0.4 is 0 Å². The molecule has 27 heavy (non-hydrogen) atoms. The zero-order valence-corrected chi connectivity index (χ0v) is 15.6. The molecule has 3 aromatic rings. The lowest BCUT2D eigenvalue weighted by Crippen LogP contribution is -2.49. The molecule has 5 heteroatoms. The highest BCUT2D eigenvalue weighted by molar-refractivity contribution is 5.94. The lowest BCUT2D eigenvalue weighted by atomic mass is 10.2. The van der Waals surface area contributed by atoms with Crippen LogP contribution >= 0.6 is 0 Å². The number of nitrogens with zero attached hydrogens (tertiary/aromatic N) is 4. The molecule has 0 unspecified atom stereocenters. The Labute approximate surface area is 159 Å². The maximum absolute atomic E-state index is 13.0. The van der Waals surface area contributed by atoms with Crippen LogP contribution in [0.5, 0.6) is 0 Å². The quantitative estimate of drug-likeness (QED) is 0.718. The van der Waals surface area contributed by atoms with Crippen molar-refractivity contribution in [3.63, 3.8) is 0 Å². The van der Waals surface area contributed by atoms with Gasteiger partial charge >= 0.3 is 0 Å². The van der Waals surface area contributed by atoms with E-state index in [9.17, 15) is 4.79 Å². The van der Waals surface area contributed by atoms with Crippen molar-refractivity contribution in [2.24, 2.45) is 0 Å². The van der Waals surface area contributed by atoms with Gasteiger partial charge in [-0.2, -0.15) is 0 Å². The summed E-state index contributed by atoms with van der Waals surface area (Å²) in [7, 11) is 0. The van der Waals surface area contributed by atoms with Crippen molar-refractivity contribution in [3.8, 4) is 0 Å². The van der Waals surface area contributed by atoms with Crippen molar-refractivity contribution in [1.29, 1.82) is 0 Å². The molecule has 3 heterocycles. The molecular weight excluding hydrogens is 336 g/mol. The molecule has 1 aliphatic heterocycles. The topological polar surface area (TPSA) is 40.9 Å². The van der Waals surface area contributed by atoms with E-state index in [0.29, 0.717) is 5.69 Å². The minimum atomic E-state index is 0.0747. The average molecular weight is 360 g/mol. The Morgan fingerprint density at radius 1 is 1.04 bits per heavy atom. The van der Waals surface area contributed by atoms with Crippen LogP contribution in [0.25, 0.3) is 11.7 Å². The summed E-state index contributed by atoms with van der Waals surface area (Å²) in [6, 6.07) is 16.1. The Morgan fingerprint density at radius 3 is 2.56 bits per heavy atom. The number of carbonyl (C=O) groups excluding carboxylic acids is 1. The van der Waals surface area contributed by atoms with Crippen LogP contribution in [0.4, 0.5) is 0 Å². The van der Waals surface area contributed by atoms with E-state index in [1.807, 2.05) is 58.8 Å². The summed E-state index contributed by atoms with van der Waals surface area (Å²) in [6.45, 7) is 6.09. The van der Waals surface area contributed by atoms with Gasteiger partial charge in [0.05, 0.1) is 5.69 Å². The molecule has 1 amide bonds. The summed E-state index contributed by atoms with van der Waals surface area (Å²) in [5.41, 5.74) is 3.51. The molecule has 0 radical (unpaired) electrons. The molecule has 0 aliphatic carbocycles. The molecule has 2 aromatic heterocycles. The molecule has 1 aliphatic rings. The van der Waals surface area contributed by atoms with Gasteiger partial charge in [0, 0.05) is 38.9 Å². The largest absolute Gasteiger partial charge is 0.335 e. The van der Waals surface area contributed by atoms with Gasteiger partial charge in [0.1, 0.15) is 11.3 Å². The third-order valence-corrected chi connectivity index (χ3v) is 5.04. The number of piperazine rings is 1. The van der Waals surface area contributed by atoms with Crippen LogP contribution in [-0.2, 0) is 0 Å². The summed E-state index contributed by atoms with van der Waals surface area (Å²) < 4.78 is 1.90. The lowest BCUT2D eigenvalue weighted by Gasteiger charge is -2.34. The number of fused-ring (bicyclic) bond motifs is 1. The smallest absolute Gasteiger partial charge is 0.272 e. The Balaban J connectivity index is 1.37. The number of imidazole rings is 1. The first-order chi connectivity index (χ1) is 13.2. The minimum Gasteiger partial charge on any atom is -0.335 e. The van der Waals surface area contributed by atoms with Crippen LogP contribution in [0.2, 0.25) is 0 Å². The number of aryl methyl sites for hydroxylation is 1. The van der Waals surface area contributed by atoms with Crippen molar-refractivity contribution in [3.05, 3.63) is 77.8 Å². The number of hydrogen-bond donors (Lipinski definition) is 0. The second-order valence-corrected chi connectivity index (χ2v) is 6.88. The molecule has 4 rings (SSSR count). The van der Waals surface area contributed by atoms with Crippen LogP contribution in [0, 0.1) is 6.92 Å². The van der Waals surface area contributed by atoms with Gasteiger partial charge in [0.2, 0.25) is 0 Å². The molecule has 138 valence electrons. The van der Waals surface area contributed by atoms with E-state index in [1.54, 1.807) is 0 Å². The second kappa shape index (κ2) is 7.76. The molecule has 1 fully saturated rings. The number of pyridine rings is 1. The summed E-state index contributed by atoms with van der Waals surface area (Å²) in [5.74, 6) is 0.0747. The monoisotopic (exact) mass is 360 g/mol. The van der Waals surface area contributed by atoms with Gasteiger partial charge in [-0.3, -0.25) is 14.1 Å². The third-order valence-electron chi connectivity index (χ3n) is 5.04. The molecular formula is C22H24N4O. The Kier molecular flexibility index (Phi) is 5.03. The van der Waals surface area contributed by atoms with E-state index >= 15 is 0 Å². The summed E-state index contributed by atoms with van der Waals surface area (Å²) >= 11 is 0. The summed E-state index contributed by atoms with van der Waals surface area (Å²) in [6.07, 6.45) is 6.26. The predicted molar refractivity (Wildman–Crippen MR) is 108 cm³/mol. The van der Waals surface area contributed by atoms with E-state index < -0.39 is 0 Å². The van der Waals surface area contributed by atoms with Crippen molar-refractivity contribution in [2.75, 3.05) is 32.7 Å². The van der Waals surface area contributed by atoms with Crippen LogP contribution in [0.3, 0.4) is 0 Å². The maximum Gasteiger partial charge on any atom is 0.272 e. The van der Waals surface area contributed by atoms with E-state index in [-0.39, 0.29) is 5.91 Å². The van der Waals surface area contributed by atoms with Gasteiger partial charge in [-0.1, -0.05) is 48.6 Å².